The molecule has 0 aliphatic carbocycles. The number of nitrogens with zero attached hydrogens (tertiary/aromatic N) is 2. The molecule has 0 aromatic carbocycles. The maximum Gasteiger partial charge on any atom is 0.222 e. The molecule has 5 nitrogen and oxygen atoms in total. The lowest BCUT2D eigenvalue weighted by Gasteiger charge is -2.06. The molecule has 0 saturated carbocycles. The van der Waals surface area contributed by atoms with Crippen LogP contribution in [0.25, 0.3) is 0 Å². The zero-order chi connectivity index (χ0) is 10.7. The van der Waals surface area contributed by atoms with E-state index in [0.717, 1.165) is 5.69 Å². The van der Waals surface area contributed by atoms with Gasteiger partial charge in [-0.3, -0.25) is 0 Å². The first kappa shape index (κ1) is 10.9. The number of hydrogen-bond donors (Lipinski definition) is 2. The fraction of sp³-hybridized carbons (Fsp3) is 0.500. The normalized spacial score (nSPS) is 10.2. The van der Waals surface area contributed by atoms with Crippen molar-refractivity contribution in [2.24, 2.45) is 12.8 Å². The summed E-state index contributed by atoms with van der Waals surface area (Å²) >= 11 is 4.88. The average molecular weight is 215 g/mol. The Bertz CT molecular complexity index is 349. The van der Waals surface area contributed by atoms with Gasteiger partial charge < -0.3 is 15.6 Å². The highest BCUT2D eigenvalue weighted by molar-refractivity contribution is 7.80. The Morgan fingerprint density at radius 2 is 2.36 bits per heavy atom. The number of aliphatic hydroxyl groups is 1. The van der Waals surface area contributed by atoms with Crippen LogP contribution in [-0.2, 0) is 7.05 Å². The van der Waals surface area contributed by atoms with Crippen LogP contribution >= 0.6 is 12.2 Å². The maximum atomic E-state index is 8.64. The minimum Gasteiger partial charge on any atom is -0.475 e. The van der Waals surface area contributed by atoms with E-state index in [-0.39, 0.29) is 18.2 Å². The summed E-state index contributed by atoms with van der Waals surface area (Å²) in [7, 11) is 1.74. The smallest absolute Gasteiger partial charge is 0.222 e. The van der Waals surface area contributed by atoms with Gasteiger partial charge in [-0.15, -0.1) is 0 Å². The predicted octanol–water partition coefficient (Wildman–Crippen LogP) is -0.266. The van der Waals surface area contributed by atoms with Gasteiger partial charge in [0.25, 0.3) is 0 Å². The summed E-state index contributed by atoms with van der Waals surface area (Å²) in [6.45, 7) is 1.95. The van der Waals surface area contributed by atoms with Crippen molar-refractivity contribution in [3.8, 4) is 5.88 Å². The van der Waals surface area contributed by atoms with E-state index in [1.807, 2.05) is 0 Å². The minimum absolute atomic E-state index is 0.0546. The van der Waals surface area contributed by atoms with Crippen LogP contribution in [0.15, 0.2) is 0 Å². The molecule has 0 unspecified atom stereocenters. The molecule has 0 bridgehead atoms. The fourth-order valence-electron chi connectivity index (χ4n) is 1.23. The maximum absolute atomic E-state index is 8.64. The molecule has 0 aliphatic rings. The summed E-state index contributed by atoms with van der Waals surface area (Å²) in [5.74, 6) is 0.504. The van der Waals surface area contributed by atoms with Gasteiger partial charge in [0.2, 0.25) is 5.88 Å². The first-order chi connectivity index (χ1) is 6.57. The summed E-state index contributed by atoms with van der Waals surface area (Å²) in [5.41, 5.74) is 6.90. The Kier molecular flexibility index (Phi) is 3.43. The molecule has 3 N–H and O–H groups in total. The summed E-state index contributed by atoms with van der Waals surface area (Å²) in [6.07, 6.45) is 0. The van der Waals surface area contributed by atoms with E-state index in [0.29, 0.717) is 11.4 Å². The Hall–Kier alpha value is -1.14. The number of aliphatic hydroxyl groups excluding tert-OH is 1. The van der Waals surface area contributed by atoms with Crippen LogP contribution in [0, 0.1) is 6.92 Å². The van der Waals surface area contributed by atoms with Crippen LogP contribution < -0.4 is 10.5 Å². The highest BCUT2D eigenvalue weighted by Gasteiger charge is 2.16. The van der Waals surface area contributed by atoms with Crippen molar-refractivity contribution in [1.82, 2.24) is 9.78 Å². The molecule has 1 aromatic heterocycles. The quantitative estimate of drug-likeness (QED) is 0.677. The number of hydrogen-bond acceptors (Lipinski definition) is 4. The highest BCUT2D eigenvalue weighted by Crippen LogP contribution is 2.20. The first-order valence-corrected chi connectivity index (χ1v) is 4.55. The molecule has 0 saturated heterocycles. The molecule has 0 spiro atoms. The van der Waals surface area contributed by atoms with Crippen molar-refractivity contribution in [3.05, 3.63) is 11.3 Å². The van der Waals surface area contributed by atoms with Crippen molar-refractivity contribution in [1.29, 1.82) is 0 Å². The van der Waals surface area contributed by atoms with Gasteiger partial charge in [0.05, 0.1) is 17.9 Å². The third kappa shape index (κ3) is 2.02. The van der Waals surface area contributed by atoms with E-state index in [1.54, 1.807) is 18.7 Å². The van der Waals surface area contributed by atoms with Crippen LogP contribution in [0.4, 0.5) is 0 Å². The Labute approximate surface area is 87.5 Å². The second-order valence-corrected chi connectivity index (χ2v) is 3.27. The van der Waals surface area contributed by atoms with Gasteiger partial charge in [0.1, 0.15) is 11.6 Å². The second kappa shape index (κ2) is 4.39. The van der Waals surface area contributed by atoms with Gasteiger partial charge in [0.15, 0.2) is 0 Å². The molecule has 1 aromatic rings. The van der Waals surface area contributed by atoms with Gasteiger partial charge in [-0.2, -0.15) is 5.10 Å². The van der Waals surface area contributed by atoms with Crippen LogP contribution in [0.1, 0.15) is 11.3 Å². The molecule has 0 fully saturated rings. The summed E-state index contributed by atoms with van der Waals surface area (Å²) in [4.78, 5) is 0.253. The lowest BCUT2D eigenvalue weighted by Crippen LogP contribution is -2.14. The third-order valence-electron chi connectivity index (χ3n) is 1.75. The molecular weight excluding hydrogens is 202 g/mol. The van der Waals surface area contributed by atoms with Crippen molar-refractivity contribution in [3.63, 3.8) is 0 Å². The SMILES string of the molecule is Cc1nn(C)c(OCCO)c1C(N)=S. The van der Waals surface area contributed by atoms with Gasteiger partial charge in [0, 0.05) is 7.05 Å². The summed E-state index contributed by atoms with van der Waals surface area (Å²) < 4.78 is 6.84. The lowest BCUT2D eigenvalue weighted by molar-refractivity contribution is 0.191. The van der Waals surface area contributed by atoms with Crippen molar-refractivity contribution < 1.29 is 9.84 Å². The zero-order valence-electron chi connectivity index (χ0n) is 8.15. The topological polar surface area (TPSA) is 73.3 Å². The van der Waals surface area contributed by atoms with Gasteiger partial charge >= 0.3 is 0 Å². The molecule has 78 valence electrons. The summed E-state index contributed by atoms with van der Waals surface area (Å²) in [6, 6.07) is 0. The number of aryl methyl sites for hydroxylation is 2. The Morgan fingerprint density at radius 3 is 2.86 bits per heavy atom. The second-order valence-electron chi connectivity index (χ2n) is 2.83. The molecule has 0 radical (unpaired) electrons. The Morgan fingerprint density at radius 1 is 1.71 bits per heavy atom. The van der Waals surface area contributed by atoms with Crippen molar-refractivity contribution in [2.75, 3.05) is 13.2 Å². The standard InChI is InChI=1S/C8H13N3O2S/c1-5-6(7(9)14)8(11(2)10-5)13-4-3-12/h12H,3-4H2,1-2H3,(H2,9,14). The zero-order valence-corrected chi connectivity index (χ0v) is 8.97. The molecule has 1 rings (SSSR count). The predicted molar refractivity (Wildman–Crippen MR) is 56.4 cm³/mol. The first-order valence-electron chi connectivity index (χ1n) is 4.15. The average Bonchev–Trinajstić information content (AvgIpc) is 2.37. The molecule has 6 heteroatoms. The molecule has 0 atom stereocenters. The summed E-state index contributed by atoms with van der Waals surface area (Å²) in [5, 5.41) is 12.8. The highest BCUT2D eigenvalue weighted by atomic mass is 32.1. The molecule has 14 heavy (non-hydrogen) atoms. The number of rotatable bonds is 4. The van der Waals surface area contributed by atoms with Crippen LogP contribution in [-0.4, -0.2) is 33.1 Å². The van der Waals surface area contributed by atoms with E-state index in [1.165, 1.54) is 0 Å². The number of thiocarbonyl (C=S) groups is 1. The van der Waals surface area contributed by atoms with Crippen LogP contribution in [0.5, 0.6) is 5.88 Å². The number of aromatic nitrogens is 2. The minimum atomic E-state index is -0.0546. The third-order valence-corrected chi connectivity index (χ3v) is 1.95. The van der Waals surface area contributed by atoms with E-state index in [4.69, 9.17) is 27.8 Å². The Balaban J connectivity index is 3.05. The van der Waals surface area contributed by atoms with Gasteiger partial charge in [-0.1, -0.05) is 12.2 Å². The molecular formula is C8H13N3O2S. The van der Waals surface area contributed by atoms with E-state index in [2.05, 4.69) is 5.10 Å². The van der Waals surface area contributed by atoms with Gasteiger partial charge in [-0.25, -0.2) is 4.68 Å². The van der Waals surface area contributed by atoms with E-state index < -0.39 is 0 Å². The van der Waals surface area contributed by atoms with Gasteiger partial charge in [-0.05, 0) is 6.92 Å². The fourth-order valence-corrected chi connectivity index (χ4v) is 1.46. The van der Waals surface area contributed by atoms with Crippen LogP contribution in [0.2, 0.25) is 0 Å². The number of nitrogens with two attached hydrogens (primary N) is 1. The molecule has 1 heterocycles. The molecule has 0 amide bonds. The van der Waals surface area contributed by atoms with Crippen LogP contribution in [0.3, 0.4) is 0 Å². The van der Waals surface area contributed by atoms with E-state index in [9.17, 15) is 0 Å². The molecule has 0 aliphatic heterocycles. The largest absolute Gasteiger partial charge is 0.475 e. The number of ether oxygens (including phenoxy) is 1. The van der Waals surface area contributed by atoms with Crippen molar-refractivity contribution in [2.45, 2.75) is 6.92 Å². The lowest BCUT2D eigenvalue weighted by atomic mass is 10.2. The van der Waals surface area contributed by atoms with E-state index >= 15 is 0 Å². The van der Waals surface area contributed by atoms with Crippen molar-refractivity contribution >= 4 is 17.2 Å². The monoisotopic (exact) mass is 215 g/mol.